The van der Waals surface area contributed by atoms with Crippen LogP contribution in [0.5, 0.6) is 0 Å². The van der Waals surface area contributed by atoms with Crippen molar-refractivity contribution in [2.45, 2.75) is 33.1 Å². The number of aromatic nitrogens is 2. The highest BCUT2D eigenvalue weighted by molar-refractivity contribution is 7.18. The van der Waals surface area contributed by atoms with Gasteiger partial charge in [-0.1, -0.05) is 6.92 Å². The number of hydrogen-bond acceptors (Lipinski definition) is 5. The van der Waals surface area contributed by atoms with Gasteiger partial charge in [-0.25, -0.2) is 9.97 Å². The van der Waals surface area contributed by atoms with Crippen molar-refractivity contribution in [1.29, 1.82) is 0 Å². The lowest BCUT2D eigenvalue weighted by Gasteiger charge is -2.32. The van der Waals surface area contributed by atoms with Crippen LogP contribution in [-0.2, 0) is 11.2 Å². The van der Waals surface area contributed by atoms with Crippen LogP contribution in [0.2, 0.25) is 0 Å². The Bertz CT molecular complexity index is 683. The van der Waals surface area contributed by atoms with Crippen molar-refractivity contribution in [2.75, 3.05) is 18.0 Å². The van der Waals surface area contributed by atoms with Crippen LogP contribution in [0.1, 0.15) is 30.5 Å². The van der Waals surface area contributed by atoms with Gasteiger partial charge in [-0.2, -0.15) is 0 Å². The molecule has 3 rings (SSSR count). The molecule has 5 nitrogen and oxygen atoms in total. The average Bonchev–Trinajstić information content (AvgIpc) is 2.86. The predicted octanol–water partition coefficient (Wildman–Crippen LogP) is 2.86. The Morgan fingerprint density at radius 2 is 2.33 bits per heavy atom. The summed E-state index contributed by atoms with van der Waals surface area (Å²) in [5.74, 6) is 0.736. The third-order valence-electron chi connectivity index (χ3n) is 3.93. The Kier molecular flexibility index (Phi) is 3.80. The van der Waals surface area contributed by atoms with Crippen LogP contribution in [0, 0.1) is 12.8 Å². The Morgan fingerprint density at radius 3 is 3.05 bits per heavy atom. The van der Waals surface area contributed by atoms with Crippen molar-refractivity contribution >= 4 is 33.3 Å². The van der Waals surface area contributed by atoms with Crippen LogP contribution >= 0.6 is 11.3 Å². The zero-order valence-corrected chi connectivity index (χ0v) is 13.1. The molecule has 21 heavy (non-hydrogen) atoms. The molecule has 0 bridgehead atoms. The van der Waals surface area contributed by atoms with E-state index in [0.717, 1.165) is 47.7 Å². The van der Waals surface area contributed by atoms with Gasteiger partial charge < -0.3 is 10.0 Å². The number of carboxylic acid groups (broad SMARTS) is 1. The number of carbonyl (C=O) groups is 1. The SMILES string of the molecule is CCc1nc(N2CCCC(C(=O)O)C2)c2cc(C)sc2n1. The zero-order chi connectivity index (χ0) is 15.0. The molecular weight excluding hydrogens is 286 g/mol. The second-order valence-electron chi connectivity index (χ2n) is 5.52. The highest BCUT2D eigenvalue weighted by Crippen LogP contribution is 2.33. The number of aliphatic carboxylic acids is 1. The molecule has 0 saturated carbocycles. The molecule has 2 aromatic rings. The van der Waals surface area contributed by atoms with E-state index in [1.807, 2.05) is 6.92 Å². The maximum atomic E-state index is 11.3. The molecule has 1 atom stereocenters. The standard InChI is InChI=1S/C15H19N3O2S/c1-3-12-16-13(11-7-9(2)21-14(11)17-12)18-6-4-5-10(8-18)15(19)20/h7,10H,3-6,8H2,1-2H3,(H,19,20). The third-order valence-corrected chi connectivity index (χ3v) is 4.87. The Hall–Kier alpha value is -1.69. The number of anilines is 1. The van der Waals surface area contributed by atoms with Gasteiger partial charge in [-0.3, -0.25) is 4.79 Å². The fourth-order valence-corrected chi connectivity index (χ4v) is 3.73. The number of thiophene rings is 1. The molecule has 3 heterocycles. The van der Waals surface area contributed by atoms with Gasteiger partial charge in [0.25, 0.3) is 0 Å². The maximum Gasteiger partial charge on any atom is 0.308 e. The second kappa shape index (κ2) is 5.60. The summed E-state index contributed by atoms with van der Waals surface area (Å²) in [7, 11) is 0. The number of hydrogen-bond donors (Lipinski definition) is 1. The van der Waals surface area contributed by atoms with Gasteiger partial charge in [-0.05, 0) is 25.8 Å². The van der Waals surface area contributed by atoms with E-state index >= 15 is 0 Å². The van der Waals surface area contributed by atoms with Gasteiger partial charge in [0.1, 0.15) is 16.5 Å². The van der Waals surface area contributed by atoms with Gasteiger partial charge >= 0.3 is 5.97 Å². The average molecular weight is 305 g/mol. The number of piperidine rings is 1. The van der Waals surface area contributed by atoms with Crippen LogP contribution < -0.4 is 4.90 Å². The first-order valence-corrected chi connectivity index (χ1v) is 8.15. The highest BCUT2D eigenvalue weighted by Gasteiger charge is 2.27. The summed E-state index contributed by atoms with van der Waals surface area (Å²) in [5.41, 5.74) is 0. The molecule has 1 aliphatic rings. The minimum atomic E-state index is -0.706. The molecule has 1 saturated heterocycles. The van der Waals surface area contributed by atoms with Crippen LogP contribution in [0.15, 0.2) is 6.07 Å². The van der Waals surface area contributed by atoms with E-state index in [4.69, 9.17) is 0 Å². The zero-order valence-electron chi connectivity index (χ0n) is 12.3. The van der Waals surface area contributed by atoms with Crippen molar-refractivity contribution < 1.29 is 9.90 Å². The van der Waals surface area contributed by atoms with Crippen LogP contribution in [0.3, 0.4) is 0 Å². The number of rotatable bonds is 3. The van der Waals surface area contributed by atoms with Gasteiger partial charge in [0.05, 0.1) is 11.3 Å². The van der Waals surface area contributed by atoms with Crippen LogP contribution in [0.4, 0.5) is 5.82 Å². The number of nitrogens with zero attached hydrogens (tertiary/aromatic N) is 3. The summed E-state index contributed by atoms with van der Waals surface area (Å²) in [6.45, 7) is 5.52. The number of carboxylic acids is 1. The fraction of sp³-hybridized carbons (Fsp3) is 0.533. The summed E-state index contributed by atoms with van der Waals surface area (Å²) in [6.07, 6.45) is 2.44. The smallest absolute Gasteiger partial charge is 0.308 e. The number of aryl methyl sites for hydroxylation is 2. The summed E-state index contributed by atoms with van der Waals surface area (Å²) < 4.78 is 0. The minimum Gasteiger partial charge on any atom is -0.481 e. The predicted molar refractivity (Wildman–Crippen MR) is 84.1 cm³/mol. The van der Waals surface area contributed by atoms with Gasteiger partial charge in [0.2, 0.25) is 0 Å². The van der Waals surface area contributed by atoms with E-state index in [1.165, 1.54) is 4.88 Å². The monoisotopic (exact) mass is 305 g/mol. The van der Waals surface area contributed by atoms with Crippen molar-refractivity contribution in [1.82, 2.24) is 9.97 Å². The molecular formula is C15H19N3O2S. The van der Waals surface area contributed by atoms with Crippen molar-refractivity contribution in [3.05, 3.63) is 16.8 Å². The minimum absolute atomic E-state index is 0.298. The maximum absolute atomic E-state index is 11.3. The first-order chi connectivity index (χ1) is 10.1. The van der Waals surface area contributed by atoms with E-state index in [9.17, 15) is 9.90 Å². The lowest BCUT2D eigenvalue weighted by Crippen LogP contribution is -2.39. The normalized spacial score (nSPS) is 19.1. The van der Waals surface area contributed by atoms with Crippen LogP contribution in [-0.4, -0.2) is 34.1 Å². The molecule has 0 aliphatic carbocycles. The van der Waals surface area contributed by atoms with Gasteiger partial charge in [-0.15, -0.1) is 11.3 Å². The molecule has 2 aromatic heterocycles. The highest BCUT2D eigenvalue weighted by atomic mass is 32.1. The Labute approximate surface area is 127 Å². The van der Waals surface area contributed by atoms with E-state index in [1.54, 1.807) is 11.3 Å². The molecule has 1 N–H and O–H groups in total. The summed E-state index contributed by atoms with van der Waals surface area (Å²) >= 11 is 1.67. The van der Waals surface area contributed by atoms with Gasteiger partial charge in [0.15, 0.2) is 0 Å². The van der Waals surface area contributed by atoms with Crippen molar-refractivity contribution in [3.63, 3.8) is 0 Å². The molecule has 0 aromatic carbocycles. The number of fused-ring (bicyclic) bond motifs is 1. The lowest BCUT2D eigenvalue weighted by molar-refractivity contribution is -0.141. The van der Waals surface area contributed by atoms with Gasteiger partial charge in [0, 0.05) is 24.4 Å². The molecule has 6 heteroatoms. The van der Waals surface area contributed by atoms with Crippen molar-refractivity contribution in [2.24, 2.45) is 5.92 Å². The topological polar surface area (TPSA) is 66.3 Å². The van der Waals surface area contributed by atoms with E-state index in [0.29, 0.717) is 6.54 Å². The molecule has 0 spiro atoms. The summed E-state index contributed by atoms with van der Waals surface area (Å²) in [5, 5.41) is 10.3. The molecule has 1 aliphatic heterocycles. The van der Waals surface area contributed by atoms with E-state index in [2.05, 4.69) is 27.9 Å². The molecule has 112 valence electrons. The quantitative estimate of drug-likeness (QED) is 0.944. The van der Waals surface area contributed by atoms with Crippen molar-refractivity contribution in [3.8, 4) is 0 Å². The third kappa shape index (κ3) is 2.72. The largest absolute Gasteiger partial charge is 0.481 e. The lowest BCUT2D eigenvalue weighted by atomic mass is 9.98. The summed E-state index contributed by atoms with van der Waals surface area (Å²) in [6, 6.07) is 2.11. The van der Waals surface area contributed by atoms with E-state index in [-0.39, 0.29) is 5.92 Å². The second-order valence-corrected chi connectivity index (χ2v) is 6.75. The fourth-order valence-electron chi connectivity index (χ4n) is 2.84. The summed E-state index contributed by atoms with van der Waals surface area (Å²) in [4.78, 5) is 24.9. The first kappa shape index (κ1) is 14.3. The Balaban J connectivity index is 2.03. The van der Waals surface area contributed by atoms with Crippen LogP contribution in [0.25, 0.3) is 10.2 Å². The molecule has 0 amide bonds. The first-order valence-electron chi connectivity index (χ1n) is 7.33. The molecule has 0 radical (unpaired) electrons. The molecule has 1 fully saturated rings. The van der Waals surface area contributed by atoms with E-state index < -0.39 is 5.97 Å². The molecule has 1 unspecified atom stereocenters. The Morgan fingerprint density at radius 1 is 1.52 bits per heavy atom.